The highest BCUT2D eigenvalue weighted by atomic mass is 16.6. The van der Waals surface area contributed by atoms with Gasteiger partial charge in [0.15, 0.2) is 0 Å². The number of pyridine rings is 1. The molecule has 2 atom stereocenters. The lowest BCUT2D eigenvalue weighted by Gasteiger charge is -2.26. The van der Waals surface area contributed by atoms with Crippen molar-refractivity contribution in [2.24, 2.45) is 0 Å². The van der Waals surface area contributed by atoms with Gasteiger partial charge in [-0.15, -0.1) is 0 Å². The molecule has 1 aliphatic heterocycles. The minimum Gasteiger partial charge on any atom is -0.460 e. The molecule has 0 amide bonds. The summed E-state index contributed by atoms with van der Waals surface area (Å²) in [7, 11) is 0. The van der Waals surface area contributed by atoms with Crippen molar-refractivity contribution in [1.82, 2.24) is 24.7 Å². The molecule has 34 heavy (non-hydrogen) atoms. The van der Waals surface area contributed by atoms with E-state index in [0.717, 1.165) is 49.2 Å². The summed E-state index contributed by atoms with van der Waals surface area (Å²) >= 11 is 0. The predicted molar refractivity (Wildman–Crippen MR) is 131 cm³/mol. The predicted octanol–water partition coefficient (Wildman–Crippen LogP) is 4.45. The van der Waals surface area contributed by atoms with Gasteiger partial charge in [-0.05, 0) is 77.5 Å². The number of hydrogen-bond acceptors (Lipinski definition) is 7. The van der Waals surface area contributed by atoms with Crippen LogP contribution in [0.2, 0.25) is 0 Å². The maximum Gasteiger partial charge on any atom is 0.308 e. The van der Waals surface area contributed by atoms with Crippen molar-refractivity contribution in [2.75, 3.05) is 5.32 Å². The number of aromatic nitrogens is 5. The molecule has 1 aliphatic rings. The maximum atomic E-state index is 12.7. The molecule has 0 fully saturated rings. The van der Waals surface area contributed by atoms with E-state index in [1.165, 1.54) is 5.56 Å². The summed E-state index contributed by atoms with van der Waals surface area (Å²) in [6.45, 7) is 7.48. The molecule has 0 aliphatic carbocycles. The van der Waals surface area contributed by atoms with Gasteiger partial charge in [-0.1, -0.05) is 6.07 Å². The van der Waals surface area contributed by atoms with Crippen LogP contribution in [-0.2, 0) is 22.4 Å². The zero-order valence-corrected chi connectivity index (χ0v) is 20.5. The van der Waals surface area contributed by atoms with Crippen LogP contribution in [0.3, 0.4) is 0 Å². The van der Waals surface area contributed by atoms with Gasteiger partial charge in [0.25, 0.3) is 0 Å². The monoisotopic (exact) mass is 462 g/mol. The van der Waals surface area contributed by atoms with E-state index >= 15 is 0 Å². The summed E-state index contributed by atoms with van der Waals surface area (Å²) in [4.78, 5) is 25.9. The van der Waals surface area contributed by atoms with Gasteiger partial charge in [-0.25, -0.2) is 15.0 Å². The van der Waals surface area contributed by atoms with Crippen LogP contribution in [0.25, 0.3) is 0 Å². The Labute approximate surface area is 201 Å². The number of esters is 1. The lowest BCUT2D eigenvalue weighted by Crippen LogP contribution is -2.27. The van der Waals surface area contributed by atoms with Gasteiger partial charge >= 0.3 is 5.97 Å². The van der Waals surface area contributed by atoms with Crippen LogP contribution < -0.4 is 5.32 Å². The molecule has 3 aromatic rings. The second kappa shape index (κ2) is 10.3. The van der Waals surface area contributed by atoms with E-state index < -0.39 is 5.60 Å². The second-order valence-electron chi connectivity index (χ2n) is 9.92. The first-order valence-corrected chi connectivity index (χ1v) is 12.0. The summed E-state index contributed by atoms with van der Waals surface area (Å²) in [6.07, 6.45) is 12.5. The molecule has 0 spiro atoms. The van der Waals surface area contributed by atoms with Crippen LogP contribution in [0.15, 0.2) is 43.0 Å². The third-order valence-electron chi connectivity index (χ3n) is 5.99. The third kappa shape index (κ3) is 6.18. The number of carbonyl (C=O) groups excluding carboxylic acids is 1. The molecular formula is C26H34N6O2. The molecule has 0 saturated carbocycles. The van der Waals surface area contributed by atoms with Crippen LogP contribution in [-0.4, -0.2) is 42.3 Å². The average molecular weight is 463 g/mol. The fourth-order valence-corrected chi connectivity index (χ4v) is 4.39. The van der Waals surface area contributed by atoms with Gasteiger partial charge in [-0.3, -0.25) is 9.48 Å². The van der Waals surface area contributed by atoms with Crippen LogP contribution >= 0.6 is 0 Å². The summed E-state index contributed by atoms with van der Waals surface area (Å²) in [6, 6.07) is 6.27. The van der Waals surface area contributed by atoms with Crippen LogP contribution in [0.5, 0.6) is 0 Å². The van der Waals surface area contributed by atoms with Crippen molar-refractivity contribution in [3.05, 3.63) is 65.6 Å². The van der Waals surface area contributed by atoms with E-state index in [1.54, 1.807) is 18.6 Å². The van der Waals surface area contributed by atoms with E-state index in [-0.39, 0.29) is 18.4 Å². The zero-order valence-electron chi connectivity index (χ0n) is 20.5. The SMILES string of the molecule is Cc1ncc(C(CC(=O)OC(C)(C)C)n2nccc2CCCC2CCc3cccnc3N2)cn1. The Morgan fingerprint density at radius 1 is 1.21 bits per heavy atom. The lowest BCUT2D eigenvalue weighted by molar-refractivity contribution is -0.155. The molecule has 0 saturated heterocycles. The highest BCUT2D eigenvalue weighted by molar-refractivity contribution is 5.71. The van der Waals surface area contributed by atoms with Crippen molar-refractivity contribution < 1.29 is 9.53 Å². The topological polar surface area (TPSA) is 94.8 Å². The Morgan fingerprint density at radius 3 is 2.76 bits per heavy atom. The first-order valence-electron chi connectivity index (χ1n) is 12.0. The van der Waals surface area contributed by atoms with Gasteiger partial charge in [-0.2, -0.15) is 5.10 Å². The standard InChI is InChI=1S/C26H34N6O2/c1-18-28-16-20(17-29-18)23(15-24(33)34-26(2,3)4)32-22(12-14-30-32)9-5-8-21-11-10-19-7-6-13-27-25(19)31-21/h6-7,12-14,16-17,21,23H,5,8-11,15H2,1-4H3,(H,27,31). The first kappa shape index (κ1) is 23.9. The van der Waals surface area contributed by atoms with E-state index in [2.05, 4.69) is 31.4 Å². The molecule has 4 heterocycles. The quantitative estimate of drug-likeness (QED) is 0.494. The summed E-state index contributed by atoms with van der Waals surface area (Å²) in [5.41, 5.74) is 2.68. The minimum atomic E-state index is -0.543. The first-order chi connectivity index (χ1) is 16.3. The number of anilines is 1. The number of carbonyl (C=O) groups is 1. The van der Waals surface area contributed by atoms with Crippen molar-refractivity contribution >= 4 is 11.8 Å². The normalized spacial score (nSPS) is 16.4. The third-order valence-corrected chi connectivity index (χ3v) is 5.99. The zero-order chi connectivity index (χ0) is 24.1. The lowest BCUT2D eigenvalue weighted by atomic mass is 9.96. The summed E-state index contributed by atoms with van der Waals surface area (Å²) in [5.74, 6) is 1.44. The molecule has 0 aromatic carbocycles. The fourth-order valence-electron chi connectivity index (χ4n) is 4.39. The van der Waals surface area contributed by atoms with Gasteiger partial charge < -0.3 is 10.1 Å². The number of nitrogens with one attached hydrogen (secondary N) is 1. The Morgan fingerprint density at radius 2 is 2.00 bits per heavy atom. The van der Waals surface area contributed by atoms with E-state index in [1.807, 2.05) is 50.7 Å². The van der Waals surface area contributed by atoms with Crippen molar-refractivity contribution in [2.45, 2.75) is 83.9 Å². The fraction of sp³-hybridized carbons (Fsp3) is 0.500. The van der Waals surface area contributed by atoms with Crippen LogP contribution in [0.4, 0.5) is 5.82 Å². The number of fused-ring (bicyclic) bond motifs is 1. The van der Waals surface area contributed by atoms with Crippen LogP contribution in [0.1, 0.15) is 75.1 Å². The Balaban J connectivity index is 1.44. The van der Waals surface area contributed by atoms with Crippen molar-refractivity contribution in [1.29, 1.82) is 0 Å². The number of ether oxygens (including phenoxy) is 1. The minimum absolute atomic E-state index is 0.172. The smallest absolute Gasteiger partial charge is 0.308 e. The number of aryl methyl sites for hydroxylation is 3. The van der Waals surface area contributed by atoms with Gasteiger partial charge in [0.1, 0.15) is 17.2 Å². The molecule has 2 unspecified atom stereocenters. The molecule has 4 rings (SSSR count). The van der Waals surface area contributed by atoms with E-state index in [0.29, 0.717) is 11.9 Å². The average Bonchev–Trinajstić information content (AvgIpc) is 3.25. The van der Waals surface area contributed by atoms with Gasteiger partial charge in [0.05, 0.1) is 12.5 Å². The summed E-state index contributed by atoms with van der Waals surface area (Å²) < 4.78 is 7.54. The molecule has 3 aromatic heterocycles. The highest BCUT2D eigenvalue weighted by Crippen LogP contribution is 2.27. The van der Waals surface area contributed by atoms with E-state index in [9.17, 15) is 4.79 Å². The molecule has 0 radical (unpaired) electrons. The molecule has 1 N–H and O–H groups in total. The molecular weight excluding hydrogens is 428 g/mol. The molecule has 180 valence electrons. The summed E-state index contributed by atoms with van der Waals surface area (Å²) in [5, 5.41) is 8.17. The number of rotatable bonds is 8. The van der Waals surface area contributed by atoms with Gasteiger partial charge in [0.2, 0.25) is 0 Å². The van der Waals surface area contributed by atoms with Crippen molar-refractivity contribution in [3.8, 4) is 0 Å². The van der Waals surface area contributed by atoms with Crippen LogP contribution in [0, 0.1) is 6.92 Å². The number of nitrogens with zero attached hydrogens (tertiary/aromatic N) is 5. The number of hydrogen-bond donors (Lipinski definition) is 1. The molecule has 8 nitrogen and oxygen atoms in total. The maximum absolute atomic E-state index is 12.7. The second-order valence-corrected chi connectivity index (χ2v) is 9.92. The Hall–Kier alpha value is -3.29. The highest BCUT2D eigenvalue weighted by Gasteiger charge is 2.26. The Bertz CT molecular complexity index is 1100. The van der Waals surface area contributed by atoms with Gasteiger partial charge in [0, 0.05) is 42.1 Å². The van der Waals surface area contributed by atoms with Crippen molar-refractivity contribution in [3.63, 3.8) is 0 Å². The molecule has 0 bridgehead atoms. The Kier molecular flexibility index (Phi) is 7.24. The van der Waals surface area contributed by atoms with E-state index in [4.69, 9.17) is 4.74 Å². The largest absolute Gasteiger partial charge is 0.460 e. The molecule has 8 heteroatoms.